The number of methoxy groups -OCH3 is 2. The lowest BCUT2D eigenvalue weighted by Crippen LogP contribution is -2.45. The summed E-state index contributed by atoms with van der Waals surface area (Å²) < 4.78 is 31.1. The maximum atomic E-state index is 14.0. The Hall–Kier alpha value is -4.51. The molecule has 4 heterocycles. The van der Waals surface area contributed by atoms with Crippen LogP contribution in [0.15, 0.2) is 48.5 Å². The number of amides is 1. The Labute approximate surface area is 250 Å². The number of anilines is 1. The topological polar surface area (TPSA) is 100 Å². The molecule has 0 spiro atoms. The lowest BCUT2D eigenvalue weighted by Gasteiger charge is -2.34. The summed E-state index contributed by atoms with van der Waals surface area (Å²) in [7, 11) is 3.27. The fourth-order valence-electron chi connectivity index (χ4n) is 5.67. The van der Waals surface area contributed by atoms with E-state index in [0.717, 1.165) is 28.2 Å². The number of morpholine rings is 1. The Morgan fingerprint density at radius 3 is 2.49 bits per heavy atom. The van der Waals surface area contributed by atoms with Crippen molar-refractivity contribution in [1.82, 2.24) is 19.7 Å². The zero-order chi connectivity index (χ0) is 29.9. The number of hydrogen-bond acceptors (Lipinski definition) is 9. The predicted octanol–water partition coefficient (Wildman–Crippen LogP) is 3.77. The van der Waals surface area contributed by atoms with Crippen LogP contribution in [0.5, 0.6) is 23.0 Å². The quantitative estimate of drug-likeness (QED) is 0.290. The summed E-state index contributed by atoms with van der Waals surface area (Å²) in [4.78, 5) is 23.2. The molecule has 2 aliphatic rings. The van der Waals surface area contributed by atoms with Crippen LogP contribution in [0.3, 0.4) is 0 Å². The van der Waals surface area contributed by atoms with Gasteiger partial charge in [0.1, 0.15) is 36.0 Å². The van der Waals surface area contributed by atoms with Crippen LogP contribution in [-0.4, -0.2) is 85.4 Å². The van der Waals surface area contributed by atoms with E-state index in [1.807, 2.05) is 61.2 Å². The van der Waals surface area contributed by atoms with Crippen LogP contribution in [0.2, 0.25) is 0 Å². The van der Waals surface area contributed by atoms with Crippen molar-refractivity contribution in [3.8, 4) is 23.0 Å². The van der Waals surface area contributed by atoms with E-state index in [9.17, 15) is 4.79 Å². The van der Waals surface area contributed by atoms with Crippen LogP contribution < -0.4 is 23.8 Å². The second-order valence-corrected chi connectivity index (χ2v) is 10.8. The summed E-state index contributed by atoms with van der Waals surface area (Å²) in [5.74, 6) is 3.41. The molecule has 1 unspecified atom stereocenters. The number of rotatable bonds is 9. The first-order valence-electron chi connectivity index (χ1n) is 14.5. The zero-order valence-electron chi connectivity index (χ0n) is 25.0. The maximum absolute atomic E-state index is 14.0. The molecule has 6 rings (SSSR count). The number of fused-ring (bicyclic) bond motifs is 2. The van der Waals surface area contributed by atoms with E-state index >= 15 is 0 Å². The highest BCUT2D eigenvalue weighted by molar-refractivity contribution is 5.92. The number of hydrogen-bond donors (Lipinski definition) is 0. The number of aryl methyl sites for hydroxylation is 2. The van der Waals surface area contributed by atoms with E-state index in [0.29, 0.717) is 74.5 Å². The molecule has 43 heavy (non-hydrogen) atoms. The number of aromatic nitrogens is 3. The first kappa shape index (κ1) is 28.6. The Morgan fingerprint density at radius 2 is 1.77 bits per heavy atom. The van der Waals surface area contributed by atoms with Crippen molar-refractivity contribution in [2.75, 3.05) is 58.6 Å². The molecule has 2 aliphatic heterocycles. The SMILES string of the molecule is COc1ccc(OC)c2nc(N3CCOCC3)c(CN(CC3COc4ccccc4O3)C(=O)Cn3nc(C)cc3C)cc12. The number of benzene rings is 2. The molecule has 11 heteroatoms. The summed E-state index contributed by atoms with van der Waals surface area (Å²) in [6, 6.07) is 15.4. The van der Waals surface area contributed by atoms with E-state index in [1.165, 1.54) is 0 Å². The van der Waals surface area contributed by atoms with Crippen LogP contribution in [0.1, 0.15) is 17.0 Å². The minimum atomic E-state index is -0.353. The molecule has 0 saturated carbocycles. The monoisotopic (exact) mass is 587 g/mol. The van der Waals surface area contributed by atoms with Gasteiger partial charge in [0.15, 0.2) is 17.6 Å². The largest absolute Gasteiger partial charge is 0.496 e. The van der Waals surface area contributed by atoms with Crippen molar-refractivity contribution in [3.63, 3.8) is 0 Å². The van der Waals surface area contributed by atoms with Gasteiger partial charge >= 0.3 is 0 Å². The third kappa shape index (κ3) is 6.03. The minimum absolute atomic E-state index is 0.0840. The molecule has 4 aromatic rings. The van der Waals surface area contributed by atoms with Crippen molar-refractivity contribution in [3.05, 3.63) is 65.5 Å². The Kier molecular flexibility index (Phi) is 8.24. The molecular weight excluding hydrogens is 550 g/mol. The van der Waals surface area contributed by atoms with E-state index < -0.39 is 0 Å². The maximum Gasteiger partial charge on any atom is 0.244 e. The molecule has 1 atom stereocenters. The minimum Gasteiger partial charge on any atom is -0.496 e. The molecule has 1 fully saturated rings. The van der Waals surface area contributed by atoms with Crippen LogP contribution in [0.4, 0.5) is 5.82 Å². The molecule has 1 amide bonds. The third-order valence-electron chi connectivity index (χ3n) is 7.81. The Bertz CT molecular complexity index is 1620. The molecule has 2 aromatic carbocycles. The van der Waals surface area contributed by atoms with E-state index in [-0.39, 0.29) is 18.6 Å². The van der Waals surface area contributed by atoms with Gasteiger partial charge in [0, 0.05) is 36.3 Å². The lowest BCUT2D eigenvalue weighted by atomic mass is 10.1. The average Bonchev–Trinajstić information content (AvgIpc) is 3.35. The molecule has 2 aromatic heterocycles. The molecule has 226 valence electrons. The summed E-state index contributed by atoms with van der Waals surface area (Å²) in [6.45, 7) is 7.51. The highest BCUT2D eigenvalue weighted by Crippen LogP contribution is 2.36. The summed E-state index contributed by atoms with van der Waals surface area (Å²) in [5, 5.41) is 5.35. The first-order valence-corrected chi connectivity index (χ1v) is 14.5. The molecule has 0 aliphatic carbocycles. The Morgan fingerprint density at radius 1 is 1.02 bits per heavy atom. The van der Waals surface area contributed by atoms with Gasteiger partial charge in [-0.15, -0.1) is 0 Å². The van der Waals surface area contributed by atoms with E-state index in [4.69, 9.17) is 28.7 Å². The first-order chi connectivity index (χ1) is 20.9. The lowest BCUT2D eigenvalue weighted by molar-refractivity contribution is -0.134. The van der Waals surface area contributed by atoms with Crippen LogP contribution in [-0.2, 0) is 22.6 Å². The van der Waals surface area contributed by atoms with Crippen LogP contribution in [0.25, 0.3) is 10.9 Å². The smallest absolute Gasteiger partial charge is 0.244 e. The molecule has 0 bridgehead atoms. The Balaban J connectivity index is 1.39. The molecule has 0 N–H and O–H groups in total. The second kappa shape index (κ2) is 12.4. The van der Waals surface area contributed by atoms with Crippen molar-refractivity contribution in [1.29, 1.82) is 0 Å². The van der Waals surface area contributed by atoms with Gasteiger partial charge in [0.05, 0.1) is 39.7 Å². The number of ether oxygens (including phenoxy) is 5. The van der Waals surface area contributed by atoms with Crippen molar-refractivity contribution >= 4 is 22.6 Å². The molecule has 0 radical (unpaired) electrons. The second-order valence-electron chi connectivity index (χ2n) is 10.8. The van der Waals surface area contributed by atoms with Gasteiger partial charge in [-0.2, -0.15) is 5.10 Å². The summed E-state index contributed by atoms with van der Waals surface area (Å²) in [6.07, 6.45) is -0.353. The summed E-state index contributed by atoms with van der Waals surface area (Å²) >= 11 is 0. The van der Waals surface area contributed by atoms with Crippen molar-refractivity contribution in [2.24, 2.45) is 0 Å². The van der Waals surface area contributed by atoms with Gasteiger partial charge in [-0.3, -0.25) is 9.48 Å². The highest BCUT2D eigenvalue weighted by Gasteiger charge is 2.28. The number of carbonyl (C=O) groups is 1. The van der Waals surface area contributed by atoms with Gasteiger partial charge < -0.3 is 33.5 Å². The fraction of sp³-hybridized carbons (Fsp3) is 0.406. The number of para-hydroxylation sites is 2. The normalized spacial score (nSPS) is 16.3. The molecule has 1 saturated heterocycles. The van der Waals surface area contributed by atoms with E-state index in [2.05, 4.69) is 16.1 Å². The van der Waals surface area contributed by atoms with Crippen LogP contribution >= 0.6 is 0 Å². The van der Waals surface area contributed by atoms with Crippen molar-refractivity contribution in [2.45, 2.75) is 33.0 Å². The fourth-order valence-corrected chi connectivity index (χ4v) is 5.67. The number of carbonyl (C=O) groups excluding carboxylic acids is 1. The van der Waals surface area contributed by atoms with Gasteiger partial charge in [-0.25, -0.2) is 4.98 Å². The zero-order valence-corrected chi connectivity index (χ0v) is 25.0. The third-order valence-corrected chi connectivity index (χ3v) is 7.81. The predicted molar refractivity (Wildman–Crippen MR) is 161 cm³/mol. The van der Waals surface area contributed by atoms with Gasteiger partial charge in [0.2, 0.25) is 5.91 Å². The van der Waals surface area contributed by atoms with Gasteiger partial charge in [-0.1, -0.05) is 12.1 Å². The average molecular weight is 588 g/mol. The number of nitrogens with zero attached hydrogens (tertiary/aromatic N) is 5. The molecular formula is C32H37N5O6. The highest BCUT2D eigenvalue weighted by atomic mass is 16.6. The van der Waals surface area contributed by atoms with Crippen molar-refractivity contribution < 1.29 is 28.5 Å². The number of pyridine rings is 1. The van der Waals surface area contributed by atoms with Gasteiger partial charge in [-0.05, 0) is 50.2 Å². The van der Waals surface area contributed by atoms with E-state index in [1.54, 1.807) is 18.9 Å². The standard InChI is InChI=1S/C32H37N5O6/c1-21-15-22(2)37(34-21)19-30(38)36(18-24-20-42-27-7-5-6-8-28(27)43-24)17-23-16-25-26(39-3)9-10-29(40-4)31(25)33-32(23)35-11-13-41-14-12-35/h5-10,15-16,24H,11-14,17-20H2,1-4H3. The summed E-state index contributed by atoms with van der Waals surface area (Å²) in [5.41, 5.74) is 3.38. The van der Waals surface area contributed by atoms with Gasteiger partial charge in [0.25, 0.3) is 0 Å². The van der Waals surface area contributed by atoms with Crippen LogP contribution in [0, 0.1) is 13.8 Å². The molecule has 11 nitrogen and oxygen atoms in total.